The number of nitrogens with zero attached hydrogens (tertiary/aromatic N) is 3. The Hall–Kier alpha value is -1.65. The molecule has 28 heavy (non-hydrogen) atoms. The fourth-order valence-electron chi connectivity index (χ4n) is 3.44. The molecule has 3 heterocycles. The Morgan fingerprint density at radius 2 is 2.25 bits per heavy atom. The van der Waals surface area contributed by atoms with Crippen LogP contribution in [-0.4, -0.2) is 56.5 Å². The number of thiophene rings is 1. The fraction of sp³-hybridized carbons (Fsp3) is 0.500. The average molecular weight is 437 g/mol. The number of amides is 3. The zero-order valence-corrected chi connectivity index (χ0v) is 17.8. The zero-order chi connectivity index (χ0) is 19.7. The molecule has 3 amide bonds. The molecule has 1 saturated heterocycles. The number of aryl methyl sites for hydroxylation is 1. The second-order valence-corrected chi connectivity index (χ2v) is 9.92. The average Bonchev–Trinajstić information content (AvgIpc) is 3.20. The van der Waals surface area contributed by atoms with Crippen molar-refractivity contribution < 1.29 is 14.4 Å². The molecule has 2 aromatic heterocycles. The van der Waals surface area contributed by atoms with Gasteiger partial charge in [-0.25, -0.2) is 9.97 Å². The smallest absolute Gasteiger partial charge is 0.288 e. The van der Waals surface area contributed by atoms with Crippen LogP contribution in [0.15, 0.2) is 11.4 Å². The molecule has 7 nitrogen and oxygen atoms in total. The first-order valence-corrected chi connectivity index (χ1v) is 11.9. The summed E-state index contributed by atoms with van der Waals surface area (Å²) in [5, 5.41) is 4.50. The third kappa shape index (κ3) is 4.04. The number of imide groups is 1. The van der Waals surface area contributed by atoms with E-state index in [-0.39, 0.29) is 41.6 Å². The Kier molecular flexibility index (Phi) is 5.88. The maximum atomic E-state index is 12.2. The van der Waals surface area contributed by atoms with E-state index in [9.17, 15) is 14.4 Å². The number of rotatable bonds is 6. The van der Waals surface area contributed by atoms with Crippen molar-refractivity contribution >= 4 is 62.1 Å². The van der Waals surface area contributed by atoms with E-state index in [0.29, 0.717) is 5.92 Å². The SMILES string of the molecule is C[C@@H]1CCc2c(sc3ncnc(SCC(=O)NCCN4C(=O)CSC4=O)c23)C1. The van der Waals surface area contributed by atoms with E-state index in [2.05, 4.69) is 22.2 Å². The highest BCUT2D eigenvalue weighted by atomic mass is 32.2. The van der Waals surface area contributed by atoms with Crippen LogP contribution in [0.5, 0.6) is 0 Å². The lowest BCUT2D eigenvalue weighted by Gasteiger charge is -2.18. The minimum Gasteiger partial charge on any atom is -0.354 e. The number of thioether (sulfide) groups is 2. The molecular formula is C18H20N4O3S3. The van der Waals surface area contributed by atoms with Crippen molar-refractivity contribution in [1.82, 2.24) is 20.2 Å². The molecule has 0 unspecified atom stereocenters. The Bertz CT molecular complexity index is 930. The van der Waals surface area contributed by atoms with Gasteiger partial charge in [-0.1, -0.05) is 30.4 Å². The van der Waals surface area contributed by atoms with Crippen LogP contribution >= 0.6 is 34.9 Å². The Balaban J connectivity index is 1.36. The third-order valence-corrected chi connectivity index (χ3v) is 7.91. The van der Waals surface area contributed by atoms with Gasteiger partial charge in [0.25, 0.3) is 5.24 Å². The summed E-state index contributed by atoms with van der Waals surface area (Å²) in [6.07, 6.45) is 4.87. The van der Waals surface area contributed by atoms with Gasteiger partial charge >= 0.3 is 0 Å². The first kappa shape index (κ1) is 19.7. The number of fused-ring (bicyclic) bond motifs is 3. The largest absolute Gasteiger partial charge is 0.354 e. The maximum absolute atomic E-state index is 12.2. The molecule has 1 fully saturated rings. The fourth-order valence-corrected chi connectivity index (χ4v) is 6.47. The zero-order valence-electron chi connectivity index (χ0n) is 15.4. The van der Waals surface area contributed by atoms with Crippen molar-refractivity contribution in [3.05, 3.63) is 16.8 Å². The third-order valence-electron chi connectivity index (χ3n) is 4.90. The van der Waals surface area contributed by atoms with Gasteiger partial charge < -0.3 is 5.32 Å². The monoisotopic (exact) mass is 436 g/mol. The summed E-state index contributed by atoms with van der Waals surface area (Å²) in [6, 6.07) is 0. The molecule has 0 aromatic carbocycles. The number of carbonyl (C=O) groups is 3. The second kappa shape index (κ2) is 8.38. The van der Waals surface area contributed by atoms with Crippen LogP contribution in [0.25, 0.3) is 10.2 Å². The number of hydrogen-bond donors (Lipinski definition) is 1. The molecular weight excluding hydrogens is 416 g/mol. The summed E-state index contributed by atoms with van der Waals surface area (Å²) in [5.41, 5.74) is 1.35. The van der Waals surface area contributed by atoms with Crippen LogP contribution in [0.3, 0.4) is 0 Å². The summed E-state index contributed by atoms with van der Waals surface area (Å²) >= 11 is 4.16. The van der Waals surface area contributed by atoms with Gasteiger partial charge in [0, 0.05) is 23.4 Å². The standard InChI is InChI=1S/C18H20N4O3S3/c1-10-2-3-11-12(6-10)28-17-15(11)16(20-9-21-17)26-7-13(23)19-4-5-22-14(24)8-27-18(22)25/h9-10H,2-8H2,1H3,(H,19,23)/t10-/m1/s1. The Morgan fingerprint density at radius 3 is 3.04 bits per heavy atom. The van der Waals surface area contributed by atoms with Gasteiger partial charge in [-0.2, -0.15) is 0 Å². The molecule has 10 heteroatoms. The molecule has 0 saturated carbocycles. The second-order valence-electron chi connectivity index (χ2n) is 6.95. The predicted octanol–water partition coefficient (Wildman–Crippen LogP) is 2.72. The summed E-state index contributed by atoms with van der Waals surface area (Å²) in [5.74, 6) is 0.794. The van der Waals surface area contributed by atoms with Gasteiger partial charge in [0.05, 0.1) is 11.5 Å². The number of hydrogen-bond acceptors (Lipinski definition) is 8. The number of nitrogens with one attached hydrogen (secondary N) is 1. The van der Waals surface area contributed by atoms with Gasteiger partial charge in [0.2, 0.25) is 11.8 Å². The first-order valence-electron chi connectivity index (χ1n) is 9.14. The maximum Gasteiger partial charge on any atom is 0.288 e. The molecule has 1 atom stereocenters. The minimum atomic E-state index is -0.242. The van der Waals surface area contributed by atoms with Crippen LogP contribution < -0.4 is 5.32 Å². The van der Waals surface area contributed by atoms with E-state index in [1.165, 1.54) is 33.5 Å². The lowest BCUT2D eigenvalue weighted by molar-refractivity contribution is -0.125. The van der Waals surface area contributed by atoms with Gasteiger partial charge in [-0.15, -0.1) is 11.3 Å². The van der Waals surface area contributed by atoms with E-state index >= 15 is 0 Å². The lowest BCUT2D eigenvalue weighted by Crippen LogP contribution is -2.38. The molecule has 2 aromatic rings. The highest BCUT2D eigenvalue weighted by molar-refractivity contribution is 8.14. The van der Waals surface area contributed by atoms with Crippen LogP contribution in [0, 0.1) is 5.92 Å². The van der Waals surface area contributed by atoms with Gasteiger partial charge in [0.1, 0.15) is 16.2 Å². The van der Waals surface area contributed by atoms with E-state index in [1.54, 1.807) is 17.7 Å². The van der Waals surface area contributed by atoms with Crippen LogP contribution in [-0.2, 0) is 22.4 Å². The topological polar surface area (TPSA) is 92.3 Å². The van der Waals surface area contributed by atoms with Crippen molar-refractivity contribution in [2.24, 2.45) is 5.92 Å². The van der Waals surface area contributed by atoms with Crippen molar-refractivity contribution in [2.45, 2.75) is 31.2 Å². The van der Waals surface area contributed by atoms with Crippen molar-refractivity contribution in [1.29, 1.82) is 0 Å². The van der Waals surface area contributed by atoms with E-state index in [0.717, 1.165) is 39.8 Å². The number of aromatic nitrogens is 2. The Labute approximate surface area is 175 Å². The normalized spacial score (nSPS) is 19.3. The minimum absolute atomic E-state index is 0.138. The molecule has 0 bridgehead atoms. The highest BCUT2D eigenvalue weighted by Crippen LogP contribution is 2.40. The first-order chi connectivity index (χ1) is 13.5. The predicted molar refractivity (Wildman–Crippen MR) is 112 cm³/mol. The number of carbonyl (C=O) groups excluding carboxylic acids is 3. The van der Waals surface area contributed by atoms with Crippen LogP contribution in [0.4, 0.5) is 4.79 Å². The highest BCUT2D eigenvalue weighted by Gasteiger charge is 2.29. The van der Waals surface area contributed by atoms with Crippen molar-refractivity contribution in [3.8, 4) is 0 Å². The molecule has 2 aliphatic rings. The van der Waals surface area contributed by atoms with E-state index in [4.69, 9.17) is 0 Å². The van der Waals surface area contributed by atoms with Gasteiger partial charge in [-0.3, -0.25) is 19.3 Å². The van der Waals surface area contributed by atoms with Crippen molar-refractivity contribution in [2.75, 3.05) is 24.6 Å². The molecule has 0 radical (unpaired) electrons. The van der Waals surface area contributed by atoms with Gasteiger partial charge in [0.15, 0.2) is 0 Å². The van der Waals surface area contributed by atoms with E-state index in [1.807, 2.05) is 0 Å². The quantitative estimate of drug-likeness (QED) is 0.550. The lowest BCUT2D eigenvalue weighted by atomic mass is 9.89. The summed E-state index contributed by atoms with van der Waals surface area (Å²) in [6.45, 7) is 2.76. The molecule has 4 rings (SSSR count). The molecule has 1 aliphatic carbocycles. The van der Waals surface area contributed by atoms with Crippen LogP contribution in [0.2, 0.25) is 0 Å². The molecule has 1 aliphatic heterocycles. The summed E-state index contributed by atoms with van der Waals surface area (Å²) < 4.78 is 0. The summed E-state index contributed by atoms with van der Waals surface area (Å²) in [7, 11) is 0. The molecule has 148 valence electrons. The molecule has 1 N–H and O–H groups in total. The molecule has 0 spiro atoms. The van der Waals surface area contributed by atoms with Crippen molar-refractivity contribution in [3.63, 3.8) is 0 Å². The van der Waals surface area contributed by atoms with Crippen LogP contribution in [0.1, 0.15) is 23.8 Å². The Morgan fingerprint density at radius 1 is 1.39 bits per heavy atom. The van der Waals surface area contributed by atoms with Gasteiger partial charge in [-0.05, 0) is 30.7 Å². The van der Waals surface area contributed by atoms with E-state index < -0.39 is 0 Å². The summed E-state index contributed by atoms with van der Waals surface area (Å²) in [4.78, 5) is 47.7.